The van der Waals surface area contributed by atoms with Gasteiger partial charge < -0.3 is 18.6 Å². The van der Waals surface area contributed by atoms with Gasteiger partial charge in [0.15, 0.2) is 5.76 Å². The van der Waals surface area contributed by atoms with E-state index in [4.69, 9.17) is 8.83 Å². The number of amides is 1. The van der Waals surface area contributed by atoms with Crippen LogP contribution in [-0.4, -0.2) is 42.0 Å². The van der Waals surface area contributed by atoms with Crippen LogP contribution in [0.2, 0.25) is 0 Å². The zero-order chi connectivity index (χ0) is 18.6. The maximum absolute atomic E-state index is 12.3. The molecule has 4 rings (SSSR count). The lowest BCUT2D eigenvalue weighted by molar-refractivity contribution is -0.126. The van der Waals surface area contributed by atoms with Crippen LogP contribution in [0.5, 0.6) is 0 Å². The molecule has 0 bridgehead atoms. The Hall–Kier alpha value is -3.31. The molecule has 0 aromatic carbocycles. The summed E-state index contributed by atoms with van der Waals surface area (Å²) in [5, 5.41) is 11.3. The van der Waals surface area contributed by atoms with Gasteiger partial charge in [0, 0.05) is 37.1 Å². The van der Waals surface area contributed by atoms with Crippen LogP contribution in [0.25, 0.3) is 17.7 Å². The molecule has 1 aliphatic heterocycles. The Morgan fingerprint density at radius 1 is 1.26 bits per heavy atom. The summed E-state index contributed by atoms with van der Waals surface area (Å²) in [6.45, 7) is 2.24. The van der Waals surface area contributed by atoms with Crippen molar-refractivity contribution >= 4 is 29.2 Å². The smallest absolute Gasteiger partial charge is 0.266 e. The molecule has 0 saturated carbocycles. The summed E-state index contributed by atoms with van der Waals surface area (Å²) in [5.41, 5.74) is 0.221. The largest absolute Gasteiger partial charge is 0.459 e. The maximum Gasteiger partial charge on any atom is 0.266 e. The van der Waals surface area contributed by atoms with Gasteiger partial charge in [0.25, 0.3) is 5.89 Å². The number of piperazine rings is 1. The Morgan fingerprint density at radius 3 is 2.78 bits per heavy atom. The predicted molar refractivity (Wildman–Crippen MR) is 101 cm³/mol. The minimum atomic E-state index is -0.0163. The lowest BCUT2D eigenvalue weighted by Crippen LogP contribution is -2.48. The molecule has 0 spiro atoms. The van der Waals surface area contributed by atoms with E-state index in [1.807, 2.05) is 28.5 Å². The highest BCUT2D eigenvalue weighted by molar-refractivity contribution is 7.10. The summed E-state index contributed by atoms with van der Waals surface area (Å²) in [7, 11) is 0. The fraction of sp³-hybridized carbons (Fsp3) is 0.211. The molecule has 0 aliphatic carbocycles. The molecule has 1 amide bonds. The van der Waals surface area contributed by atoms with Crippen molar-refractivity contribution in [1.82, 2.24) is 9.88 Å². The molecule has 136 valence electrons. The maximum atomic E-state index is 12.3. The minimum absolute atomic E-state index is 0.0163. The Balaban J connectivity index is 1.42. The Labute approximate surface area is 159 Å². The van der Waals surface area contributed by atoms with Crippen molar-refractivity contribution in [2.45, 2.75) is 0 Å². The topological polar surface area (TPSA) is 86.5 Å². The Bertz CT molecular complexity index is 975. The first-order valence-corrected chi connectivity index (χ1v) is 9.33. The number of carbonyl (C=O) groups is 1. The van der Waals surface area contributed by atoms with Gasteiger partial charge in [-0.05, 0) is 29.7 Å². The molecule has 7 nitrogen and oxygen atoms in total. The van der Waals surface area contributed by atoms with Gasteiger partial charge in [0.1, 0.15) is 6.07 Å². The highest BCUT2D eigenvalue weighted by Gasteiger charge is 2.26. The van der Waals surface area contributed by atoms with Crippen molar-refractivity contribution in [1.29, 1.82) is 5.26 Å². The monoisotopic (exact) mass is 380 g/mol. The number of anilines is 1. The molecular formula is C19H16N4O3S. The van der Waals surface area contributed by atoms with Gasteiger partial charge in [-0.15, -0.1) is 11.3 Å². The summed E-state index contributed by atoms with van der Waals surface area (Å²) < 4.78 is 11.0. The summed E-state index contributed by atoms with van der Waals surface area (Å²) in [6.07, 6.45) is 4.96. The molecule has 0 unspecified atom stereocenters. The summed E-state index contributed by atoms with van der Waals surface area (Å²) >= 11 is 1.59. The third kappa shape index (κ3) is 3.64. The number of furan rings is 1. The molecule has 3 aromatic rings. The van der Waals surface area contributed by atoms with Crippen molar-refractivity contribution in [2.24, 2.45) is 0 Å². The zero-order valence-electron chi connectivity index (χ0n) is 14.4. The molecule has 1 fully saturated rings. The van der Waals surface area contributed by atoms with Crippen LogP contribution in [0.1, 0.15) is 10.6 Å². The van der Waals surface area contributed by atoms with E-state index in [0.717, 1.165) is 4.88 Å². The van der Waals surface area contributed by atoms with Crippen LogP contribution in [0, 0.1) is 11.3 Å². The van der Waals surface area contributed by atoms with Gasteiger partial charge in [-0.2, -0.15) is 10.2 Å². The second-order valence-electron chi connectivity index (χ2n) is 5.92. The number of thiophene rings is 1. The van der Waals surface area contributed by atoms with E-state index >= 15 is 0 Å². The van der Waals surface area contributed by atoms with E-state index < -0.39 is 0 Å². The van der Waals surface area contributed by atoms with Crippen molar-refractivity contribution in [3.05, 3.63) is 52.6 Å². The van der Waals surface area contributed by atoms with E-state index in [1.165, 1.54) is 6.26 Å². The van der Waals surface area contributed by atoms with Crippen LogP contribution in [0.4, 0.5) is 5.88 Å². The van der Waals surface area contributed by atoms with E-state index in [1.54, 1.807) is 34.4 Å². The van der Waals surface area contributed by atoms with Crippen LogP contribution in [0.15, 0.2) is 50.8 Å². The van der Waals surface area contributed by atoms with Gasteiger partial charge in [-0.1, -0.05) is 6.07 Å². The lowest BCUT2D eigenvalue weighted by atomic mass is 10.3. The molecule has 1 aliphatic rings. The molecule has 1 saturated heterocycles. The third-order valence-electron chi connectivity index (χ3n) is 4.26. The van der Waals surface area contributed by atoms with E-state index in [0.29, 0.717) is 37.8 Å². The number of hydrogen-bond acceptors (Lipinski definition) is 7. The van der Waals surface area contributed by atoms with Crippen molar-refractivity contribution < 1.29 is 13.6 Å². The van der Waals surface area contributed by atoms with Crippen LogP contribution in [-0.2, 0) is 4.79 Å². The van der Waals surface area contributed by atoms with Gasteiger partial charge >= 0.3 is 0 Å². The normalized spacial score (nSPS) is 14.6. The predicted octanol–water partition coefficient (Wildman–Crippen LogP) is 3.23. The number of aromatic nitrogens is 1. The van der Waals surface area contributed by atoms with Crippen molar-refractivity contribution in [2.75, 3.05) is 31.1 Å². The summed E-state index contributed by atoms with van der Waals surface area (Å²) in [6, 6.07) is 9.45. The fourth-order valence-corrected chi connectivity index (χ4v) is 3.50. The second-order valence-corrected chi connectivity index (χ2v) is 6.90. The highest BCUT2D eigenvalue weighted by atomic mass is 32.1. The Morgan fingerprint density at radius 2 is 2.11 bits per heavy atom. The van der Waals surface area contributed by atoms with Gasteiger partial charge in [0.2, 0.25) is 17.5 Å². The first kappa shape index (κ1) is 17.1. The van der Waals surface area contributed by atoms with Crippen LogP contribution in [0.3, 0.4) is 0 Å². The van der Waals surface area contributed by atoms with Crippen LogP contribution < -0.4 is 4.90 Å². The van der Waals surface area contributed by atoms with Gasteiger partial charge in [-0.3, -0.25) is 4.79 Å². The quantitative estimate of drug-likeness (QED) is 0.646. The minimum Gasteiger partial charge on any atom is -0.459 e. The summed E-state index contributed by atoms with van der Waals surface area (Å²) in [5.74, 6) is 1.16. The Kier molecular flexibility index (Phi) is 4.77. The number of nitrogens with zero attached hydrogens (tertiary/aromatic N) is 4. The number of oxazole rings is 1. The number of carbonyl (C=O) groups excluding carboxylic acids is 1. The second kappa shape index (κ2) is 7.51. The van der Waals surface area contributed by atoms with E-state index in [9.17, 15) is 10.1 Å². The molecule has 27 heavy (non-hydrogen) atoms. The van der Waals surface area contributed by atoms with E-state index in [2.05, 4.69) is 11.1 Å². The molecule has 8 heteroatoms. The average Bonchev–Trinajstić information content (AvgIpc) is 3.47. The van der Waals surface area contributed by atoms with Crippen molar-refractivity contribution in [3.8, 4) is 17.7 Å². The molecule has 3 aromatic heterocycles. The fourth-order valence-electron chi connectivity index (χ4n) is 2.88. The third-order valence-corrected chi connectivity index (χ3v) is 5.10. The molecular weight excluding hydrogens is 364 g/mol. The molecule has 0 N–H and O–H groups in total. The van der Waals surface area contributed by atoms with Crippen molar-refractivity contribution in [3.63, 3.8) is 0 Å². The lowest BCUT2D eigenvalue weighted by Gasteiger charge is -2.33. The molecule has 0 atom stereocenters. The number of nitriles is 1. The van der Waals surface area contributed by atoms with Gasteiger partial charge in [-0.25, -0.2) is 0 Å². The standard InChI is InChI=1S/C19H16N4O3S/c20-13-15-19(26-18(21-15)16-4-1-11-25-16)23-9-7-22(8-10-23)17(24)6-5-14-3-2-12-27-14/h1-6,11-12H,7-10H2/b6-5+. The number of rotatable bonds is 4. The first-order chi connectivity index (χ1) is 13.2. The zero-order valence-corrected chi connectivity index (χ0v) is 15.2. The first-order valence-electron chi connectivity index (χ1n) is 8.45. The van der Waals surface area contributed by atoms with E-state index in [-0.39, 0.29) is 17.5 Å². The highest BCUT2D eigenvalue weighted by Crippen LogP contribution is 2.29. The van der Waals surface area contributed by atoms with Crippen LogP contribution >= 0.6 is 11.3 Å². The summed E-state index contributed by atoms with van der Waals surface area (Å²) in [4.78, 5) is 21.3. The molecule has 0 radical (unpaired) electrons. The molecule has 4 heterocycles. The van der Waals surface area contributed by atoms with Gasteiger partial charge in [0.05, 0.1) is 6.26 Å². The average molecular weight is 380 g/mol. The SMILES string of the molecule is N#Cc1nc(-c2ccco2)oc1N1CCN(C(=O)/C=C/c2cccs2)CC1. The number of hydrogen-bond donors (Lipinski definition) is 0.